The van der Waals surface area contributed by atoms with Gasteiger partial charge in [0, 0.05) is 23.3 Å². The van der Waals surface area contributed by atoms with E-state index in [2.05, 4.69) is 15.3 Å². The predicted molar refractivity (Wildman–Crippen MR) is 121 cm³/mol. The maximum atomic E-state index is 13.4. The van der Waals surface area contributed by atoms with Gasteiger partial charge in [-0.2, -0.15) is 0 Å². The van der Waals surface area contributed by atoms with E-state index >= 15 is 0 Å². The second kappa shape index (κ2) is 7.62. The van der Waals surface area contributed by atoms with Crippen LogP contribution in [0.15, 0.2) is 33.4 Å². The molecule has 1 atom stereocenters. The van der Waals surface area contributed by atoms with Crippen LogP contribution in [0, 0.1) is 15.5 Å². The number of nitro groups is 1. The van der Waals surface area contributed by atoms with E-state index in [1.807, 2.05) is 20.8 Å². The van der Waals surface area contributed by atoms with Gasteiger partial charge in [-0.25, -0.2) is 4.98 Å². The minimum absolute atomic E-state index is 0.00543. The van der Waals surface area contributed by atoms with Crippen molar-refractivity contribution >= 4 is 29.1 Å². The zero-order chi connectivity index (χ0) is 23.5. The molecule has 5 rings (SSSR count). The summed E-state index contributed by atoms with van der Waals surface area (Å²) >= 11 is 1.38. The van der Waals surface area contributed by atoms with Gasteiger partial charge in [-0.15, -0.1) is 0 Å². The number of aromatic amines is 1. The van der Waals surface area contributed by atoms with Crippen molar-refractivity contribution in [1.82, 2.24) is 9.97 Å². The van der Waals surface area contributed by atoms with Crippen LogP contribution in [0.25, 0.3) is 0 Å². The maximum absolute atomic E-state index is 13.4. The number of hydrogen-bond acceptors (Lipinski definition) is 9. The van der Waals surface area contributed by atoms with Crippen molar-refractivity contribution < 1.29 is 19.2 Å². The zero-order valence-electron chi connectivity index (χ0n) is 18.3. The van der Waals surface area contributed by atoms with Crippen LogP contribution in [0.4, 0.5) is 11.5 Å². The molecular formula is C22H22N4O6S. The molecule has 0 bridgehead atoms. The van der Waals surface area contributed by atoms with E-state index < -0.39 is 16.4 Å². The molecule has 0 saturated carbocycles. The number of anilines is 1. The van der Waals surface area contributed by atoms with Gasteiger partial charge in [0.2, 0.25) is 12.5 Å². The van der Waals surface area contributed by atoms with Crippen molar-refractivity contribution in [2.45, 2.75) is 44.7 Å². The Hall–Kier alpha value is -3.34. The number of fused-ring (bicyclic) bond motifs is 2. The van der Waals surface area contributed by atoms with Crippen LogP contribution in [-0.4, -0.2) is 33.2 Å². The lowest BCUT2D eigenvalue weighted by Crippen LogP contribution is -2.37. The Bertz CT molecular complexity index is 1300. The van der Waals surface area contributed by atoms with Crippen LogP contribution in [-0.2, 0) is 4.79 Å². The number of H-pyrrole nitrogens is 1. The molecule has 0 radical (unpaired) electrons. The first-order valence-corrected chi connectivity index (χ1v) is 11.6. The average Bonchev–Trinajstić information content (AvgIpc) is 3.19. The molecule has 0 saturated heterocycles. The number of nitro benzene ring substituents is 1. The van der Waals surface area contributed by atoms with Gasteiger partial charge in [0.15, 0.2) is 16.7 Å². The Morgan fingerprint density at radius 3 is 2.79 bits per heavy atom. The molecule has 0 fully saturated rings. The number of Topliss-reactive ketones (excluding diaryl/α,β-unsaturated/α-hetero) is 1. The summed E-state index contributed by atoms with van der Waals surface area (Å²) in [7, 11) is 0. The van der Waals surface area contributed by atoms with Gasteiger partial charge in [0.1, 0.15) is 5.82 Å². The molecular weight excluding hydrogens is 448 g/mol. The number of ether oxygens (including phenoxy) is 2. The Labute approximate surface area is 192 Å². The molecule has 11 heteroatoms. The molecule has 1 aromatic heterocycles. The highest BCUT2D eigenvalue weighted by Crippen LogP contribution is 2.52. The quantitative estimate of drug-likeness (QED) is 0.296. The van der Waals surface area contributed by atoms with Crippen molar-refractivity contribution in [1.29, 1.82) is 0 Å². The Morgan fingerprint density at radius 1 is 1.27 bits per heavy atom. The van der Waals surface area contributed by atoms with Gasteiger partial charge in [-0.05, 0) is 29.7 Å². The average molecular weight is 471 g/mol. The number of nitrogens with zero attached hydrogens (tertiary/aromatic N) is 2. The van der Waals surface area contributed by atoms with Crippen molar-refractivity contribution in [3.05, 3.63) is 55.0 Å². The topological polar surface area (TPSA) is 136 Å². The van der Waals surface area contributed by atoms with E-state index in [0.29, 0.717) is 34.4 Å². The number of rotatable bonds is 4. The molecule has 3 aliphatic rings. The smallest absolute Gasteiger partial charge is 0.319 e. The first-order valence-electron chi connectivity index (χ1n) is 10.6. The van der Waals surface area contributed by atoms with Gasteiger partial charge in [-0.3, -0.25) is 19.7 Å². The number of aromatic nitrogens is 2. The van der Waals surface area contributed by atoms with Crippen LogP contribution >= 0.6 is 11.8 Å². The van der Waals surface area contributed by atoms with E-state index in [1.165, 1.54) is 17.8 Å². The summed E-state index contributed by atoms with van der Waals surface area (Å²) in [5, 5.41) is 15.8. The fourth-order valence-electron chi connectivity index (χ4n) is 4.80. The van der Waals surface area contributed by atoms with Crippen LogP contribution in [0.3, 0.4) is 0 Å². The maximum Gasteiger partial charge on any atom is 0.319 e. The van der Waals surface area contributed by atoms with E-state index in [4.69, 9.17) is 9.47 Å². The number of benzene rings is 1. The Balaban J connectivity index is 1.81. The van der Waals surface area contributed by atoms with Crippen LogP contribution in [0.1, 0.15) is 50.7 Å². The number of carbonyl (C=O) groups excluding carboxylic acids is 1. The molecule has 0 unspecified atom stereocenters. The van der Waals surface area contributed by atoms with Crippen molar-refractivity contribution in [3.63, 3.8) is 0 Å². The number of thioether (sulfide) groups is 1. The van der Waals surface area contributed by atoms with Crippen molar-refractivity contribution in [3.8, 4) is 11.5 Å². The monoisotopic (exact) mass is 470 g/mol. The molecule has 33 heavy (non-hydrogen) atoms. The van der Waals surface area contributed by atoms with E-state index in [-0.39, 0.29) is 52.7 Å². The molecule has 0 amide bonds. The lowest BCUT2D eigenvalue weighted by atomic mass is 9.69. The molecule has 2 aromatic rings. The van der Waals surface area contributed by atoms with Gasteiger partial charge in [-0.1, -0.05) is 32.5 Å². The molecule has 2 N–H and O–H groups in total. The number of allylic oxidation sites excluding steroid dienone is 2. The highest BCUT2D eigenvalue weighted by atomic mass is 32.2. The standard InChI is InChI=1S/C22H22N4O6S/c1-4-33-21-24-19-16(20(28)25-21)14(15-11(23-19)7-22(2,3)8-12(15)27)10-5-6-13-18(32-9-31-13)17(10)26(29)30/h5-6,14H,4,7-9H2,1-3H3,(H2,23,24,25,28)/t14-/m1/s1. The minimum atomic E-state index is -0.952. The first kappa shape index (κ1) is 21.5. The molecule has 1 aliphatic carbocycles. The fourth-order valence-corrected chi connectivity index (χ4v) is 5.40. The molecule has 0 spiro atoms. The zero-order valence-corrected chi connectivity index (χ0v) is 19.1. The summed E-state index contributed by atoms with van der Waals surface area (Å²) in [4.78, 5) is 45.6. The van der Waals surface area contributed by atoms with Gasteiger partial charge >= 0.3 is 5.69 Å². The third kappa shape index (κ3) is 3.47. The minimum Gasteiger partial charge on any atom is -0.453 e. The van der Waals surface area contributed by atoms with Crippen LogP contribution in [0.2, 0.25) is 0 Å². The van der Waals surface area contributed by atoms with Gasteiger partial charge in [0.25, 0.3) is 5.56 Å². The summed E-state index contributed by atoms with van der Waals surface area (Å²) in [5.74, 6) is 0.181. The molecule has 172 valence electrons. The molecule has 10 nitrogen and oxygen atoms in total. The highest BCUT2D eigenvalue weighted by Gasteiger charge is 2.45. The SMILES string of the molecule is CCSc1nc2c(c(=O)[nH]1)[C@H](c1ccc3c(c1[N+](=O)[O-])OCO3)C1=C(CC(C)(C)CC1=O)N2. The molecule has 2 aliphatic heterocycles. The Kier molecular flexibility index (Phi) is 4.96. The highest BCUT2D eigenvalue weighted by molar-refractivity contribution is 7.99. The number of hydrogen-bond donors (Lipinski definition) is 2. The van der Waals surface area contributed by atoms with E-state index in [1.54, 1.807) is 6.07 Å². The van der Waals surface area contributed by atoms with E-state index in [9.17, 15) is 19.7 Å². The summed E-state index contributed by atoms with van der Waals surface area (Å²) in [6.45, 7) is 5.80. The first-order chi connectivity index (χ1) is 15.7. The summed E-state index contributed by atoms with van der Waals surface area (Å²) in [6.07, 6.45) is 0.819. The predicted octanol–water partition coefficient (Wildman–Crippen LogP) is 3.72. The number of ketones is 1. The van der Waals surface area contributed by atoms with E-state index in [0.717, 1.165) is 0 Å². The Morgan fingerprint density at radius 2 is 2.06 bits per heavy atom. The lowest BCUT2D eigenvalue weighted by Gasteiger charge is -2.38. The van der Waals surface area contributed by atoms with Crippen LogP contribution in [0.5, 0.6) is 11.5 Å². The second-order valence-electron chi connectivity index (χ2n) is 8.95. The largest absolute Gasteiger partial charge is 0.453 e. The number of nitrogens with one attached hydrogen (secondary N) is 2. The summed E-state index contributed by atoms with van der Waals surface area (Å²) in [5.41, 5.74) is 0.357. The molecule has 1 aromatic carbocycles. The molecule has 3 heterocycles. The third-order valence-corrected chi connectivity index (χ3v) is 6.77. The second-order valence-corrected chi connectivity index (χ2v) is 10.2. The third-order valence-electron chi connectivity index (χ3n) is 6.02. The van der Waals surface area contributed by atoms with Gasteiger partial charge in [0.05, 0.1) is 16.4 Å². The van der Waals surface area contributed by atoms with Crippen LogP contribution < -0.4 is 20.3 Å². The normalized spacial score (nSPS) is 20.2. The fraction of sp³-hybridized carbons (Fsp3) is 0.409. The lowest BCUT2D eigenvalue weighted by molar-refractivity contribution is -0.386. The summed E-state index contributed by atoms with van der Waals surface area (Å²) < 4.78 is 10.7. The number of carbonyl (C=O) groups is 1. The summed E-state index contributed by atoms with van der Waals surface area (Å²) in [6, 6.07) is 3.12. The van der Waals surface area contributed by atoms with Crippen molar-refractivity contribution in [2.24, 2.45) is 5.41 Å². The van der Waals surface area contributed by atoms with Gasteiger partial charge < -0.3 is 19.8 Å². The van der Waals surface area contributed by atoms with Crippen molar-refractivity contribution in [2.75, 3.05) is 17.9 Å².